The average molecular weight is 309 g/mol. The van der Waals surface area contributed by atoms with Crippen molar-refractivity contribution >= 4 is 22.6 Å². The zero-order chi connectivity index (χ0) is 10.9. The van der Waals surface area contributed by atoms with Gasteiger partial charge in [-0.2, -0.15) is 0 Å². The minimum atomic E-state index is 0.398. The third-order valence-electron chi connectivity index (χ3n) is 4.00. The van der Waals surface area contributed by atoms with Crippen molar-refractivity contribution in [3.8, 4) is 0 Å². The Morgan fingerprint density at radius 1 is 1.43 bits per heavy atom. The molecule has 1 aliphatic rings. The van der Waals surface area contributed by atoms with Gasteiger partial charge in [-0.05, 0) is 42.6 Å². The van der Waals surface area contributed by atoms with E-state index in [1.165, 1.54) is 12.8 Å². The quantitative estimate of drug-likeness (QED) is 0.611. The first-order chi connectivity index (χ1) is 6.40. The highest BCUT2D eigenvalue weighted by Gasteiger charge is 2.48. The van der Waals surface area contributed by atoms with Crippen LogP contribution in [0.1, 0.15) is 40.5 Å². The van der Waals surface area contributed by atoms with Crippen molar-refractivity contribution in [2.24, 2.45) is 28.9 Å². The smallest absolute Gasteiger partial charge is 0.0147 e. The standard InChI is InChI=1S/C12H24IN/c1-8(2)9(3)6-12(4,7-14)10-5-11(10)13/h8-11H,5-7,14H2,1-4H3. The zero-order valence-corrected chi connectivity index (χ0v) is 12.0. The Morgan fingerprint density at radius 2 is 1.93 bits per heavy atom. The Bertz CT molecular complexity index is 193. The molecule has 0 spiro atoms. The van der Waals surface area contributed by atoms with Gasteiger partial charge in [0.05, 0.1) is 0 Å². The summed E-state index contributed by atoms with van der Waals surface area (Å²) in [6.07, 6.45) is 2.68. The van der Waals surface area contributed by atoms with Gasteiger partial charge < -0.3 is 5.73 Å². The van der Waals surface area contributed by atoms with E-state index < -0.39 is 0 Å². The first-order valence-electron chi connectivity index (χ1n) is 5.75. The lowest BCUT2D eigenvalue weighted by molar-refractivity contribution is 0.193. The summed E-state index contributed by atoms with van der Waals surface area (Å²) in [6, 6.07) is 0. The lowest BCUT2D eigenvalue weighted by Crippen LogP contribution is -2.33. The summed E-state index contributed by atoms with van der Waals surface area (Å²) in [6.45, 7) is 10.2. The van der Waals surface area contributed by atoms with Gasteiger partial charge in [0.15, 0.2) is 0 Å². The van der Waals surface area contributed by atoms with Gasteiger partial charge >= 0.3 is 0 Å². The summed E-state index contributed by atoms with van der Waals surface area (Å²) in [5.74, 6) is 2.47. The number of alkyl halides is 1. The van der Waals surface area contributed by atoms with Crippen molar-refractivity contribution in [1.29, 1.82) is 0 Å². The Kier molecular flexibility index (Phi) is 4.27. The van der Waals surface area contributed by atoms with E-state index in [4.69, 9.17) is 5.73 Å². The zero-order valence-electron chi connectivity index (χ0n) is 9.89. The molecular weight excluding hydrogens is 285 g/mol. The van der Waals surface area contributed by atoms with Crippen LogP contribution in [0.2, 0.25) is 0 Å². The average Bonchev–Trinajstić information content (AvgIpc) is 2.82. The van der Waals surface area contributed by atoms with Crippen molar-refractivity contribution in [1.82, 2.24) is 0 Å². The van der Waals surface area contributed by atoms with Crippen LogP contribution in [0, 0.1) is 23.2 Å². The van der Waals surface area contributed by atoms with E-state index in [0.717, 1.165) is 28.2 Å². The summed E-state index contributed by atoms with van der Waals surface area (Å²) < 4.78 is 0.889. The number of halogens is 1. The van der Waals surface area contributed by atoms with Crippen molar-refractivity contribution in [3.63, 3.8) is 0 Å². The molecule has 2 N–H and O–H groups in total. The van der Waals surface area contributed by atoms with E-state index in [9.17, 15) is 0 Å². The molecule has 0 aromatic carbocycles. The van der Waals surface area contributed by atoms with Crippen LogP contribution in [0.5, 0.6) is 0 Å². The van der Waals surface area contributed by atoms with Gasteiger partial charge in [-0.1, -0.05) is 50.3 Å². The largest absolute Gasteiger partial charge is 0.330 e. The summed E-state index contributed by atoms with van der Waals surface area (Å²) in [7, 11) is 0. The summed E-state index contributed by atoms with van der Waals surface area (Å²) in [5, 5.41) is 0. The van der Waals surface area contributed by atoms with E-state index in [-0.39, 0.29) is 0 Å². The maximum Gasteiger partial charge on any atom is 0.0147 e. The van der Waals surface area contributed by atoms with Gasteiger partial charge in [-0.15, -0.1) is 0 Å². The predicted octanol–water partition coefficient (Wildman–Crippen LogP) is 3.46. The van der Waals surface area contributed by atoms with Crippen LogP contribution in [0.3, 0.4) is 0 Å². The van der Waals surface area contributed by atoms with Gasteiger partial charge in [0, 0.05) is 3.92 Å². The molecule has 1 rings (SSSR count). The molecular formula is C12H24IN. The third kappa shape index (κ3) is 2.84. The number of hydrogen-bond donors (Lipinski definition) is 1. The van der Waals surface area contributed by atoms with Crippen LogP contribution in [0.15, 0.2) is 0 Å². The molecule has 2 heteroatoms. The molecule has 1 saturated carbocycles. The molecule has 0 amide bonds. The van der Waals surface area contributed by atoms with Gasteiger partial charge in [-0.3, -0.25) is 0 Å². The van der Waals surface area contributed by atoms with E-state index >= 15 is 0 Å². The summed E-state index contributed by atoms with van der Waals surface area (Å²) >= 11 is 2.57. The second-order valence-corrected chi connectivity index (χ2v) is 7.24. The lowest BCUT2D eigenvalue weighted by atomic mass is 9.74. The molecule has 14 heavy (non-hydrogen) atoms. The second kappa shape index (κ2) is 4.69. The molecule has 0 bridgehead atoms. The molecule has 1 fully saturated rings. The van der Waals surface area contributed by atoms with Crippen LogP contribution < -0.4 is 5.73 Å². The van der Waals surface area contributed by atoms with Gasteiger partial charge in [0.2, 0.25) is 0 Å². The molecule has 0 heterocycles. The van der Waals surface area contributed by atoms with E-state index in [2.05, 4.69) is 50.3 Å². The number of hydrogen-bond acceptors (Lipinski definition) is 1. The molecule has 1 nitrogen and oxygen atoms in total. The highest BCUT2D eigenvalue weighted by molar-refractivity contribution is 14.1. The third-order valence-corrected chi connectivity index (χ3v) is 5.38. The summed E-state index contributed by atoms with van der Waals surface area (Å²) in [4.78, 5) is 0. The Labute approximate surface area is 102 Å². The van der Waals surface area contributed by atoms with Crippen LogP contribution in [0.25, 0.3) is 0 Å². The van der Waals surface area contributed by atoms with Crippen molar-refractivity contribution in [2.45, 2.75) is 44.5 Å². The maximum atomic E-state index is 5.96. The number of nitrogens with two attached hydrogens (primary N) is 1. The van der Waals surface area contributed by atoms with Gasteiger partial charge in [-0.25, -0.2) is 0 Å². The van der Waals surface area contributed by atoms with Crippen molar-refractivity contribution in [2.75, 3.05) is 6.54 Å². The minimum absolute atomic E-state index is 0.398. The Hall–Kier alpha value is 0.690. The lowest BCUT2D eigenvalue weighted by Gasteiger charge is -2.33. The SMILES string of the molecule is CC(C)C(C)CC(C)(CN)C1CC1I. The Balaban J connectivity index is 2.53. The van der Waals surface area contributed by atoms with E-state index in [1.54, 1.807) is 0 Å². The van der Waals surface area contributed by atoms with Crippen LogP contribution in [-0.2, 0) is 0 Å². The molecule has 1 aliphatic carbocycles. The first-order valence-corrected chi connectivity index (χ1v) is 6.99. The highest BCUT2D eigenvalue weighted by atomic mass is 127. The van der Waals surface area contributed by atoms with Crippen LogP contribution in [0.4, 0.5) is 0 Å². The fourth-order valence-electron chi connectivity index (χ4n) is 2.24. The highest BCUT2D eigenvalue weighted by Crippen LogP contribution is 2.53. The van der Waals surface area contributed by atoms with Crippen LogP contribution in [-0.4, -0.2) is 10.5 Å². The number of rotatable bonds is 5. The maximum absolute atomic E-state index is 5.96. The fourth-order valence-corrected chi connectivity index (χ4v) is 3.66. The van der Waals surface area contributed by atoms with Gasteiger partial charge in [0.1, 0.15) is 0 Å². The second-order valence-electron chi connectivity index (χ2n) is 5.64. The Morgan fingerprint density at radius 3 is 2.21 bits per heavy atom. The molecule has 0 aliphatic heterocycles. The topological polar surface area (TPSA) is 26.0 Å². The molecule has 84 valence electrons. The molecule has 0 aromatic rings. The molecule has 0 aromatic heterocycles. The van der Waals surface area contributed by atoms with Gasteiger partial charge in [0.25, 0.3) is 0 Å². The van der Waals surface area contributed by atoms with Crippen molar-refractivity contribution in [3.05, 3.63) is 0 Å². The van der Waals surface area contributed by atoms with Crippen molar-refractivity contribution < 1.29 is 0 Å². The predicted molar refractivity (Wildman–Crippen MR) is 71.7 cm³/mol. The van der Waals surface area contributed by atoms with E-state index in [0.29, 0.717) is 5.41 Å². The summed E-state index contributed by atoms with van der Waals surface area (Å²) in [5.41, 5.74) is 6.35. The molecule has 4 unspecified atom stereocenters. The van der Waals surface area contributed by atoms with Crippen LogP contribution >= 0.6 is 22.6 Å². The first kappa shape index (κ1) is 12.8. The molecule has 0 saturated heterocycles. The molecule has 4 atom stereocenters. The fraction of sp³-hybridized carbons (Fsp3) is 1.00. The van der Waals surface area contributed by atoms with E-state index in [1.807, 2.05) is 0 Å². The normalized spacial score (nSPS) is 32.8. The minimum Gasteiger partial charge on any atom is -0.330 e. The monoisotopic (exact) mass is 309 g/mol. The molecule has 0 radical (unpaired) electrons.